The van der Waals surface area contributed by atoms with Gasteiger partial charge in [0, 0.05) is 19.3 Å². The summed E-state index contributed by atoms with van der Waals surface area (Å²) in [5, 5.41) is 0. The minimum atomic E-state index is -0.770. The Balaban J connectivity index is 4.19. The van der Waals surface area contributed by atoms with Crippen molar-refractivity contribution in [2.75, 3.05) is 13.2 Å². The van der Waals surface area contributed by atoms with Crippen LogP contribution in [-0.4, -0.2) is 37.2 Å². The third kappa shape index (κ3) is 65.0. The van der Waals surface area contributed by atoms with Crippen molar-refractivity contribution in [2.24, 2.45) is 0 Å². The Morgan fingerprint density at radius 3 is 0.641 bits per heavy atom. The quantitative estimate of drug-likeness (QED) is 0.0261. The average molecular weight is 1100 g/mol. The van der Waals surface area contributed by atoms with Gasteiger partial charge in [-0.2, -0.15) is 0 Å². The van der Waals surface area contributed by atoms with Gasteiger partial charge in [0.1, 0.15) is 13.2 Å². The molecule has 0 rings (SSSR count). The monoisotopic (exact) mass is 1100 g/mol. The van der Waals surface area contributed by atoms with Gasteiger partial charge in [-0.15, -0.1) is 0 Å². The first-order valence-electron chi connectivity index (χ1n) is 35.7. The molecule has 462 valence electrons. The Bertz CT molecular complexity index is 1210. The minimum Gasteiger partial charge on any atom is -0.462 e. The summed E-state index contributed by atoms with van der Waals surface area (Å²) in [6.45, 7) is 6.72. The summed E-state index contributed by atoms with van der Waals surface area (Å²) in [5.41, 5.74) is 0. The van der Waals surface area contributed by atoms with Gasteiger partial charge in [-0.3, -0.25) is 14.4 Å². The van der Waals surface area contributed by atoms with Crippen LogP contribution in [0, 0.1) is 0 Å². The van der Waals surface area contributed by atoms with E-state index in [4.69, 9.17) is 14.2 Å². The van der Waals surface area contributed by atoms with Gasteiger partial charge in [0.2, 0.25) is 0 Å². The molecule has 0 aromatic heterocycles. The topological polar surface area (TPSA) is 78.9 Å². The second kappa shape index (κ2) is 67.7. The first kappa shape index (κ1) is 76.1. The predicted molar refractivity (Wildman–Crippen MR) is 340 cm³/mol. The van der Waals surface area contributed by atoms with Gasteiger partial charge in [0.15, 0.2) is 6.10 Å². The molecule has 0 fully saturated rings. The first-order chi connectivity index (χ1) is 38.5. The average Bonchev–Trinajstić information content (AvgIpc) is 3.44. The van der Waals surface area contributed by atoms with E-state index >= 15 is 0 Å². The number of carbonyl (C=O) groups excluding carboxylic acids is 3. The molecule has 1 atom stereocenters. The van der Waals surface area contributed by atoms with Gasteiger partial charge in [-0.1, -0.05) is 360 Å². The fourth-order valence-electron chi connectivity index (χ4n) is 11.2. The lowest BCUT2D eigenvalue weighted by atomic mass is 10.0. The van der Waals surface area contributed by atoms with E-state index in [0.29, 0.717) is 19.3 Å². The molecule has 0 heterocycles. The molecule has 0 aliphatic carbocycles. The highest BCUT2D eigenvalue weighted by Crippen LogP contribution is 2.19. The number of rotatable bonds is 67. The highest BCUT2D eigenvalue weighted by atomic mass is 16.6. The summed E-state index contributed by atoms with van der Waals surface area (Å²) in [5.74, 6) is -0.839. The normalized spacial score (nSPS) is 12.0. The zero-order chi connectivity index (χ0) is 56.4. The number of ether oxygens (including phenoxy) is 3. The van der Waals surface area contributed by atoms with Gasteiger partial charge >= 0.3 is 17.9 Å². The van der Waals surface area contributed by atoms with Crippen LogP contribution in [0.5, 0.6) is 0 Å². The summed E-state index contributed by atoms with van der Waals surface area (Å²) < 4.78 is 17.0. The Morgan fingerprint density at radius 1 is 0.244 bits per heavy atom. The van der Waals surface area contributed by atoms with Crippen LogP contribution < -0.4 is 0 Å². The Labute approximate surface area is 488 Å². The Morgan fingerprint density at radius 2 is 0.423 bits per heavy atom. The van der Waals surface area contributed by atoms with E-state index in [1.165, 1.54) is 308 Å². The van der Waals surface area contributed by atoms with Crippen LogP contribution >= 0.6 is 0 Å². The van der Waals surface area contributed by atoms with Crippen LogP contribution in [0.4, 0.5) is 0 Å². The standard InChI is InChI=1S/C72H138O6/c1-4-7-10-13-16-19-22-25-28-30-32-33-34-35-36-37-38-39-41-42-44-47-50-53-56-59-62-65-71(74)77-68-69(67-76-70(73)64-61-58-55-52-49-46-27-24-21-18-15-12-9-6-3)78-72(75)66-63-60-57-54-51-48-45-43-40-31-29-26-23-20-17-14-11-8-5-2/h24,27,69H,4-23,25-26,28-68H2,1-3H3/b27-24-. The molecule has 6 nitrogen and oxygen atoms in total. The van der Waals surface area contributed by atoms with E-state index in [-0.39, 0.29) is 31.1 Å². The third-order valence-corrected chi connectivity index (χ3v) is 16.5. The van der Waals surface area contributed by atoms with Crippen molar-refractivity contribution in [1.82, 2.24) is 0 Å². The molecular weight excluding hydrogens is 961 g/mol. The predicted octanol–water partition coefficient (Wildman–Crippen LogP) is 24.4. The molecule has 0 bridgehead atoms. The lowest BCUT2D eigenvalue weighted by Crippen LogP contribution is -2.30. The molecule has 78 heavy (non-hydrogen) atoms. The van der Waals surface area contributed by atoms with E-state index in [1.807, 2.05) is 0 Å². The van der Waals surface area contributed by atoms with Crippen molar-refractivity contribution in [3.8, 4) is 0 Å². The zero-order valence-corrected chi connectivity index (χ0v) is 53.2. The van der Waals surface area contributed by atoms with Crippen LogP contribution in [0.1, 0.15) is 412 Å². The number of allylic oxidation sites excluding steroid dienone is 2. The van der Waals surface area contributed by atoms with Gasteiger partial charge in [0.25, 0.3) is 0 Å². The van der Waals surface area contributed by atoms with Gasteiger partial charge in [-0.05, 0) is 44.9 Å². The molecule has 0 aliphatic heterocycles. The maximum Gasteiger partial charge on any atom is 0.306 e. The summed E-state index contributed by atoms with van der Waals surface area (Å²) in [6.07, 6.45) is 81.1. The van der Waals surface area contributed by atoms with Crippen molar-refractivity contribution in [3.63, 3.8) is 0 Å². The molecular formula is C72H138O6. The number of hydrogen-bond donors (Lipinski definition) is 0. The van der Waals surface area contributed by atoms with E-state index in [1.54, 1.807) is 0 Å². The van der Waals surface area contributed by atoms with Gasteiger partial charge < -0.3 is 14.2 Å². The third-order valence-electron chi connectivity index (χ3n) is 16.5. The van der Waals surface area contributed by atoms with Crippen molar-refractivity contribution in [3.05, 3.63) is 12.2 Å². The van der Waals surface area contributed by atoms with Crippen LogP contribution in [0.25, 0.3) is 0 Å². The maximum absolute atomic E-state index is 12.9. The summed E-state index contributed by atoms with van der Waals surface area (Å²) >= 11 is 0. The fraction of sp³-hybridized carbons (Fsp3) is 0.931. The molecule has 0 spiro atoms. The zero-order valence-electron chi connectivity index (χ0n) is 53.2. The van der Waals surface area contributed by atoms with E-state index in [0.717, 1.165) is 64.2 Å². The molecule has 0 saturated heterocycles. The van der Waals surface area contributed by atoms with Gasteiger partial charge in [-0.25, -0.2) is 0 Å². The number of esters is 3. The molecule has 0 N–H and O–H groups in total. The summed E-state index contributed by atoms with van der Waals surface area (Å²) in [7, 11) is 0. The highest BCUT2D eigenvalue weighted by Gasteiger charge is 2.19. The molecule has 0 aromatic carbocycles. The molecule has 0 amide bonds. The fourth-order valence-corrected chi connectivity index (χ4v) is 11.2. The van der Waals surface area contributed by atoms with Crippen molar-refractivity contribution < 1.29 is 28.6 Å². The van der Waals surface area contributed by atoms with Crippen LogP contribution in [0.3, 0.4) is 0 Å². The number of carbonyl (C=O) groups is 3. The van der Waals surface area contributed by atoms with Crippen molar-refractivity contribution >= 4 is 17.9 Å². The highest BCUT2D eigenvalue weighted by molar-refractivity contribution is 5.71. The molecule has 6 heteroatoms. The second-order valence-corrected chi connectivity index (χ2v) is 24.5. The lowest BCUT2D eigenvalue weighted by Gasteiger charge is -2.18. The van der Waals surface area contributed by atoms with Crippen LogP contribution in [-0.2, 0) is 28.6 Å². The second-order valence-electron chi connectivity index (χ2n) is 24.5. The minimum absolute atomic E-state index is 0.0656. The van der Waals surface area contributed by atoms with Crippen LogP contribution in [0.2, 0.25) is 0 Å². The number of hydrogen-bond acceptors (Lipinski definition) is 6. The SMILES string of the molecule is CCCCCCC/C=C\CCCCCCCC(=O)OCC(COC(=O)CCCCCCCCCCCCCCCCCCCCCCCCCCCCC)OC(=O)CCCCCCCCCCCCCCCCCCCCC. The maximum atomic E-state index is 12.9. The first-order valence-corrected chi connectivity index (χ1v) is 35.7. The Hall–Kier alpha value is -1.85. The Kier molecular flexibility index (Phi) is 66.0. The molecule has 0 radical (unpaired) electrons. The summed E-state index contributed by atoms with van der Waals surface area (Å²) in [4.78, 5) is 38.4. The molecule has 1 unspecified atom stereocenters. The van der Waals surface area contributed by atoms with Gasteiger partial charge in [0.05, 0.1) is 0 Å². The van der Waals surface area contributed by atoms with Crippen molar-refractivity contribution in [1.29, 1.82) is 0 Å². The summed E-state index contributed by atoms with van der Waals surface area (Å²) in [6, 6.07) is 0. The lowest BCUT2D eigenvalue weighted by molar-refractivity contribution is -0.167. The molecule has 0 aromatic rings. The smallest absolute Gasteiger partial charge is 0.306 e. The van der Waals surface area contributed by atoms with Crippen LogP contribution in [0.15, 0.2) is 12.2 Å². The van der Waals surface area contributed by atoms with Crippen molar-refractivity contribution in [2.45, 2.75) is 419 Å². The van der Waals surface area contributed by atoms with E-state index < -0.39 is 6.10 Å². The van der Waals surface area contributed by atoms with E-state index in [9.17, 15) is 14.4 Å². The van der Waals surface area contributed by atoms with E-state index in [2.05, 4.69) is 32.9 Å². The molecule has 0 aliphatic rings. The largest absolute Gasteiger partial charge is 0.462 e. The number of unbranched alkanes of at least 4 members (excludes halogenated alkanes) is 54. The molecule has 0 saturated carbocycles.